The summed E-state index contributed by atoms with van der Waals surface area (Å²) in [5, 5.41) is 0. The fourth-order valence-corrected chi connectivity index (χ4v) is 2.93. The van der Waals surface area contributed by atoms with Crippen molar-refractivity contribution in [2.24, 2.45) is 0 Å². The molecule has 4 nitrogen and oxygen atoms in total. The zero-order valence-electron chi connectivity index (χ0n) is 13.8. The minimum absolute atomic E-state index is 0.0591. The van der Waals surface area contributed by atoms with Gasteiger partial charge in [-0.25, -0.2) is 4.98 Å². The molecule has 0 aliphatic rings. The number of hydrogen-bond donors (Lipinski definition) is 0. The van der Waals surface area contributed by atoms with Gasteiger partial charge in [-0.15, -0.1) is 0 Å². The molecule has 0 saturated carbocycles. The van der Waals surface area contributed by atoms with Crippen LogP contribution >= 0.6 is 0 Å². The largest absolute Gasteiger partial charge is 0.339 e. The predicted molar refractivity (Wildman–Crippen MR) is 93.1 cm³/mol. The molecule has 0 bridgehead atoms. The molecule has 1 amide bonds. The number of hydrogen-bond acceptors (Lipinski definition) is 2. The Morgan fingerprint density at radius 3 is 2.43 bits per heavy atom. The van der Waals surface area contributed by atoms with Crippen LogP contribution in [0.15, 0.2) is 48.5 Å². The van der Waals surface area contributed by atoms with Gasteiger partial charge in [0.15, 0.2) is 0 Å². The molecular formula is C19H21N3O. The Bertz CT molecular complexity index is 832. The van der Waals surface area contributed by atoms with Crippen molar-refractivity contribution in [3.05, 3.63) is 59.9 Å². The van der Waals surface area contributed by atoms with Crippen LogP contribution < -0.4 is 0 Å². The molecule has 3 rings (SSSR count). The Hall–Kier alpha value is -2.62. The number of fused-ring (bicyclic) bond motifs is 1. The van der Waals surface area contributed by atoms with Crippen LogP contribution in [-0.4, -0.2) is 33.4 Å². The molecule has 0 unspecified atom stereocenters. The van der Waals surface area contributed by atoms with E-state index in [4.69, 9.17) is 0 Å². The average Bonchev–Trinajstić information content (AvgIpc) is 2.91. The van der Waals surface area contributed by atoms with Crippen LogP contribution in [0.25, 0.3) is 16.7 Å². The minimum Gasteiger partial charge on any atom is -0.339 e. The van der Waals surface area contributed by atoms with Crippen molar-refractivity contribution in [2.75, 3.05) is 13.1 Å². The topological polar surface area (TPSA) is 38.1 Å². The van der Waals surface area contributed by atoms with Gasteiger partial charge in [-0.1, -0.05) is 18.2 Å². The van der Waals surface area contributed by atoms with Crippen LogP contribution in [-0.2, 0) is 0 Å². The number of para-hydroxylation sites is 1. The minimum atomic E-state index is 0.0591. The normalized spacial score (nSPS) is 10.9. The van der Waals surface area contributed by atoms with Crippen LogP contribution in [0.3, 0.4) is 0 Å². The van der Waals surface area contributed by atoms with E-state index in [1.165, 1.54) is 0 Å². The van der Waals surface area contributed by atoms with Crippen molar-refractivity contribution < 1.29 is 4.79 Å². The number of aromatic nitrogens is 2. The third kappa shape index (κ3) is 2.72. The van der Waals surface area contributed by atoms with E-state index >= 15 is 0 Å². The molecule has 3 aromatic rings. The molecule has 23 heavy (non-hydrogen) atoms. The Balaban J connectivity index is 2.08. The Labute approximate surface area is 136 Å². The number of imidazole rings is 1. The van der Waals surface area contributed by atoms with Gasteiger partial charge in [-0.3, -0.25) is 9.36 Å². The van der Waals surface area contributed by atoms with E-state index in [9.17, 15) is 4.79 Å². The molecule has 0 radical (unpaired) electrons. The number of rotatable bonds is 4. The van der Waals surface area contributed by atoms with Crippen LogP contribution in [0.2, 0.25) is 0 Å². The molecule has 118 valence electrons. The fraction of sp³-hybridized carbons (Fsp3) is 0.263. The van der Waals surface area contributed by atoms with E-state index < -0.39 is 0 Å². The second-order valence-electron chi connectivity index (χ2n) is 5.51. The summed E-state index contributed by atoms with van der Waals surface area (Å²) in [5.74, 6) is 0.974. The zero-order valence-corrected chi connectivity index (χ0v) is 13.8. The number of benzene rings is 2. The molecule has 0 aliphatic carbocycles. The van der Waals surface area contributed by atoms with E-state index in [2.05, 4.69) is 21.7 Å². The van der Waals surface area contributed by atoms with E-state index in [0.29, 0.717) is 18.7 Å². The summed E-state index contributed by atoms with van der Waals surface area (Å²) in [6.07, 6.45) is 0. The van der Waals surface area contributed by atoms with Gasteiger partial charge in [0.1, 0.15) is 5.82 Å². The Morgan fingerprint density at radius 1 is 1.09 bits per heavy atom. The first-order valence-corrected chi connectivity index (χ1v) is 7.99. The van der Waals surface area contributed by atoms with Crippen molar-refractivity contribution >= 4 is 16.9 Å². The van der Waals surface area contributed by atoms with Crippen molar-refractivity contribution in [3.63, 3.8) is 0 Å². The Kier molecular flexibility index (Phi) is 4.15. The van der Waals surface area contributed by atoms with Crippen molar-refractivity contribution in [1.29, 1.82) is 0 Å². The second kappa shape index (κ2) is 6.24. The molecule has 0 N–H and O–H groups in total. The van der Waals surface area contributed by atoms with E-state index in [1.807, 2.05) is 62.1 Å². The highest BCUT2D eigenvalue weighted by atomic mass is 16.2. The summed E-state index contributed by atoms with van der Waals surface area (Å²) in [7, 11) is 0. The summed E-state index contributed by atoms with van der Waals surface area (Å²) < 4.78 is 2.11. The molecule has 0 aliphatic heterocycles. The lowest BCUT2D eigenvalue weighted by Gasteiger charge is -2.18. The lowest BCUT2D eigenvalue weighted by Crippen LogP contribution is -2.30. The SMILES string of the molecule is CCN(CC)C(=O)c1ccc2c(c1)nc(C)n2-c1ccccc1. The maximum atomic E-state index is 12.5. The zero-order chi connectivity index (χ0) is 16.4. The first-order valence-electron chi connectivity index (χ1n) is 7.99. The molecule has 1 heterocycles. The first kappa shape index (κ1) is 15.3. The maximum Gasteiger partial charge on any atom is 0.253 e. The average molecular weight is 307 g/mol. The molecule has 4 heteroatoms. The lowest BCUT2D eigenvalue weighted by molar-refractivity contribution is 0.0773. The summed E-state index contributed by atoms with van der Waals surface area (Å²) in [6, 6.07) is 15.9. The van der Waals surface area contributed by atoms with Crippen molar-refractivity contribution in [2.45, 2.75) is 20.8 Å². The van der Waals surface area contributed by atoms with Gasteiger partial charge in [0, 0.05) is 24.3 Å². The summed E-state index contributed by atoms with van der Waals surface area (Å²) in [6.45, 7) is 7.40. The molecule has 1 aromatic heterocycles. The molecule has 0 spiro atoms. The van der Waals surface area contributed by atoms with Gasteiger partial charge < -0.3 is 4.90 Å². The monoisotopic (exact) mass is 307 g/mol. The lowest BCUT2D eigenvalue weighted by atomic mass is 10.1. The highest BCUT2D eigenvalue weighted by Crippen LogP contribution is 2.22. The number of nitrogens with zero attached hydrogens (tertiary/aromatic N) is 3. The summed E-state index contributed by atoms with van der Waals surface area (Å²) in [5.41, 5.74) is 3.64. The van der Waals surface area contributed by atoms with Gasteiger partial charge in [-0.05, 0) is 51.1 Å². The van der Waals surface area contributed by atoms with Crippen molar-refractivity contribution in [3.8, 4) is 5.69 Å². The van der Waals surface area contributed by atoms with Crippen LogP contribution in [0, 0.1) is 6.92 Å². The van der Waals surface area contributed by atoms with Gasteiger partial charge in [0.2, 0.25) is 0 Å². The highest BCUT2D eigenvalue weighted by Gasteiger charge is 2.15. The second-order valence-corrected chi connectivity index (χ2v) is 5.51. The van der Waals surface area contributed by atoms with Gasteiger partial charge in [0.05, 0.1) is 11.0 Å². The summed E-state index contributed by atoms with van der Waals surface area (Å²) >= 11 is 0. The predicted octanol–water partition coefficient (Wildman–Crippen LogP) is 3.82. The fourth-order valence-electron chi connectivity index (χ4n) is 2.93. The molecule has 0 fully saturated rings. The third-order valence-electron chi connectivity index (χ3n) is 4.13. The van der Waals surface area contributed by atoms with Gasteiger partial charge in [-0.2, -0.15) is 0 Å². The molecule has 0 saturated heterocycles. The number of carbonyl (C=O) groups is 1. The Morgan fingerprint density at radius 2 is 1.78 bits per heavy atom. The molecular weight excluding hydrogens is 286 g/mol. The molecule has 2 aromatic carbocycles. The van der Waals surface area contributed by atoms with Crippen LogP contribution in [0.4, 0.5) is 0 Å². The summed E-state index contributed by atoms with van der Waals surface area (Å²) in [4.78, 5) is 19.0. The smallest absolute Gasteiger partial charge is 0.253 e. The van der Waals surface area contributed by atoms with E-state index in [0.717, 1.165) is 22.5 Å². The number of aryl methyl sites for hydroxylation is 1. The molecule has 0 atom stereocenters. The standard InChI is InChI=1S/C19H21N3O/c1-4-21(5-2)19(23)15-11-12-18-17(13-15)20-14(3)22(18)16-9-7-6-8-10-16/h6-13H,4-5H2,1-3H3. The van der Waals surface area contributed by atoms with Gasteiger partial charge >= 0.3 is 0 Å². The first-order chi connectivity index (χ1) is 11.2. The van der Waals surface area contributed by atoms with Crippen molar-refractivity contribution in [1.82, 2.24) is 14.5 Å². The quantitative estimate of drug-likeness (QED) is 0.735. The van der Waals surface area contributed by atoms with Gasteiger partial charge in [0.25, 0.3) is 5.91 Å². The third-order valence-corrected chi connectivity index (χ3v) is 4.13. The van der Waals surface area contributed by atoms with Crippen LogP contribution in [0.1, 0.15) is 30.0 Å². The van der Waals surface area contributed by atoms with E-state index in [-0.39, 0.29) is 5.91 Å². The van der Waals surface area contributed by atoms with E-state index in [1.54, 1.807) is 0 Å². The highest BCUT2D eigenvalue weighted by molar-refractivity contribution is 5.97. The number of carbonyl (C=O) groups excluding carboxylic acids is 1. The van der Waals surface area contributed by atoms with Crippen LogP contribution in [0.5, 0.6) is 0 Å². The maximum absolute atomic E-state index is 12.5. The number of amides is 1.